The van der Waals surface area contributed by atoms with E-state index in [2.05, 4.69) is 46.3 Å². The standard InChI is InChI=1S/C28H33N3O2/c1-2-3-10-19-33-23-17-15-21(16-18-23)27-24-25(20-11-6-4-7-12-20)29-30-26(24)28(32)31(27)22-13-8-5-9-14-22/h4,6-7,11-12,15-18,22,27H,2-3,5,8-10,13-14,19H2,1H3,(H,29,30). The Hall–Kier alpha value is -3.08. The zero-order valence-electron chi connectivity index (χ0n) is 19.4. The third-order valence-electron chi connectivity index (χ3n) is 7.03. The monoisotopic (exact) mass is 443 g/mol. The maximum Gasteiger partial charge on any atom is 0.273 e. The molecule has 1 aliphatic heterocycles. The normalized spacial score (nSPS) is 18.5. The van der Waals surface area contributed by atoms with Gasteiger partial charge in [0.25, 0.3) is 5.91 Å². The van der Waals surface area contributed by atoms with Crippen molar-refractivity contribution < 1.29 is 9.53 Å². The fourth-order valence-corrected chi connectivity index (χ4v) is 5.33. The molecule has 1 fully saturated rings. The van der Waals surface area contributed by atoms with Crippen LogP contribution in [0.1, 0.15) is 85.9 Å². The number of amides is 1. The molecule has 2 aliphatic rings. The number of fused-ring (bicyclic) bond motifs is 1. The van der Waals surface area contributed by atoms with E-state index in [-0.39, 0.29) is 18.0 Å². The molecule has 1 amide bonds. The van der Waals surface area contributed by atoms with Crippen LogP contribution >= 0.6 is 0 Å². The van der Waals surface area contributed by atoms with Gasteiger partial charge < -0.3 is 9.64 Å². The van der Waals surface area contributed by atoms with E-state index in [1.807, 2.05) is 30.3 Å². The molecule has 1 atom stereocenters. The lowest BCUT2D eigenvalue weighted by atomic mass is 9.91. The maximum absolute atomic E-state index is 13.6. The van der Waals surface area contributed by atoms with E-state index in [0.717, 1.165) is 54.0 Å². The van der Waals surface area contributed by atoms with Gasteiger partial charge >= 0.3 is 0 Å². The molecule has 0 spiro atoms. The Labute approximate surface area is 196 Å². The fourth-order valence-electron chi connectivity index (χ4n) is 5.33. The summed E-state index contributed by atoms with van der Waals surface area (Å²) in [6.07, 6.45) is 9.21. The molecule has 5 rings (SSSR count). The number of aromatic nitrogens is 2. The Morgan fingerprint density at radius 3 is 2.48 bits per heavy atom. The van der Waals surface area contributed by atoms with Gasteiger partial charge in [0.15, 0.2) is 0 Å². The highest BCUT2D eigenvalue weighted by Gasteiger charge is 2.45. The molecule has 1 aromatic heterocycles. The van der Waals surface area contributed by atoms with Gasteiger partial charge in [0.2, 0.25) is 0 Å². The number of nitrogens with one attached hydrogen (secondary N) is 1. The smallest absolute Gasteiger partial charge is 0.273 e. The molecule has 1 aliphatic carbocycles. The number of carbonyl (C=O) groups is 1. The number of H-pyrrole nitrogens is 1. The molecule has 172 valence electrons. The van der Waals surface area contributed by atoms with Crippen LogP contribution in [-0.2, 0) is 0 Å². The molecule has 33 heavy (non-hydrogen) atoms. The largest absolute Gasteiger partial charge is 0.494 e. The Bertz CT molecular complexity index is 1070. The molecule has 5 nitrogen and oxygen atoms in total. The lowest BCUT2D eigenvalue weighted by Crippen LogP contribution is -2.40. The van der Waals surface area contributed by atoms with E-state index in [4.69, 9.17) is 4.74 Å². The summed E-state index contributed by atoms with van der Waals surface area (Å²) >= 11 is 0. The van der Waals surface area contributed by atoms with Crippen molar-refractivity contribution in [2.75, 3.05) is 6.61 Å². The minimum Gasteiger partial charge on any atom is -0.494 e. The van der Waals surface area contributed by atoms with Crippen molar-refractivity contribution in [2.24, 2.45) is 0 Å². The van der Waals surface area contributed by atoms with E-state index in [1.54, 1.807) is 0 Å². The molecule has 0 radical (unpaired) electrons. The third-order valence-corrected chi connectivity index (χ3v) is 7.03. The van der Waals surface area contributed by atoms with Crippen molar-refractivity contribution in [3.8, 4) is 17.0 Å². The number of benzene rings is 2. The van der Waals surface area contributed by atoms with E-state index in [9.17, 15) is 4.79 Å². The first-order chi connectivity index (χ1) is 16.3. The van der Waals surface area contributed by atoms with Crippen LogP contribution in [0.5, 0.6) is 5.75 Å². The third kappa shape index (κ3) is 4.29. The average Bonchev–Trinajstić information content (AvgIpc) is 3.42. The Balaban J connectivity index is 1.50. The first-order valence-electron chi connectivity index (χ1n) is 12.5. The van der Waals surface area contributed by atoms with Crippen LogP contribution in [0.4, 0.5) is 0 Å². The quantitative estimate of drug-likeness (QED) is 0.403. The molecule has 5 heteroatoms. The summed E-state index contributed by atoms with van der Waals surface area (Å²) in [5.41, 5.74) is 4.68. The van der Waals surface area contributed by atoms with E-state index >= 15 is 0 Å². The highest BCUT2D eigenvalue weighted by Crippen LogP contribution is 2.45. The van der Waals surface area contributed by atoms with Crippen molar-refractivity contribution >= 4 is 5.91 Å². The van der Waals surface area contributed by atoms with Crippen molar-refractivity contribution in [1.29, 1.82) is 0 Å². The Morgan fingerprint density at radius 1 is 1.00 bits per heavy atom. The second-order valence-electron chi connectivity index (χ2n) is 9.26. The van der Waals surface area contributed by atoms with Gasteiger partial charge in [-0.05, 0) is 37.0 Å². The number of carbonyl (C=O) groups excluding carboxylic acids is 1. The van der Waals surface area contributed by atoms with Gasteiger partial charge in [-0.25, -0.2) is 0 Å². The minimum absolute atomic E-state index is 0.0801. The van der Waals surface area contributed by atoms with Crippen molar-refractivity contribution in [1.82, 2.24) is 15.1 Å². The molecule has 1 N–H and O–H groups in total. The predicted molar refractivity (Wildman–Crippen MR) is 130 cm³/mol. The van der Waals surface area contributed by atoms with Gasteiger partial charge in [-0.15, -0.1) is 0 Å². The summed E-state index contributed by atoms with van der Waals surface area (Å²) in [6, 6.07) is 18.7. The van der Waals surface area contributed by atoms with Crippen molar-refractivity contribution in [3.05, 3.63) is 71.4 Å². The summed E-state index contributed by atoms with van der Waals surface area (Å²) in [5.74, 6) is 0.968. The van der Waals surface area contributed by atoms with Crippen LogP contribution in [-0.4, -0.2) is 33.7 Å². The van der Waals surface area contributed by atoms with Gasteiger partial charge in [-0.3, -0.25) is 9.89 Å². The van der Waals surface area contributed by atoms with Crippen LogP contribution < -0.4 is 4.74 Å². The minimum atomic E-state index is -0.126. The van der Waals surface area contributed by atoms with Crippen molar-refractivity contribution in [2.45, 2.75) is 70.4 Å². The number of nitrogens with zero attached hydrogens (tertiary/aromatic N) is 2. The molecule has 0 bridgehead atoms. The molecule has 2 heterocycles. The summed E-state index contributed by atoms with van der Waals surface area (Å²) in [4.78, 5) is 15.8. The van der Waals surface area contributed by atoms with Crippen LogP contribution in [0, 0.1) is 0 Å². The average molecular weight is 444 g/mol. The molecular weight excluding hydrogens is 410 g/mol. The van der Waals surface area contributed by atoms with E-state index < -0.39 is 0 Å². The van der Waals surface area contributed by atoms with Crippen LogP contribution in [0.15, 0.2) is 54.6 Å². The summed E-state index contributed by atoms with van der Waals surface area (Å²) < 4.78 is 5.94. The van der Waals surface area contributed by atoms with Gasteiger partial charge in [0, 0.05) is 17.2 Å². The van der Waals surface area contributed by atoms with Gasteiger partial charge in [-0.1, -0.05) is 81.5 Å². The van der Waals surface area contributed by atoms with Gasteiger partial charge in [0.05, 0.1) is 18.3 Å². The van der Waals surface area contributed by atoms with Crippen LogP contribution in [0.25, 0.3) is 11.3 Å². The fraction of sp³-hybridized carbons (Fsp3) is 0.429. The van der Waals surface area contributed by atoms with Crippen LogP contribution in [0.2, 0.25) is 0 Å². The number of hydrogen-bond acceptors (Lipinski definition) is 3. The van der Waals surface area contributed by atoms with E-state index in [1.165, 1.54) is 32.1 Å². The molecule has 2 aromatic carbocycles. The maximum atomic E-state index is 13.6. The zero-order valence-corrected chi connectivity index (χ0v) is 19.4. The Kier molecular flexibility index (Phi) is 6.47. The first-order valence-corrected chi connectivity index (χ1v) is 12.5. The molecular formula is C28H33N3O2. The summed E-state index contributed by atoms with van der Waals surface area (Å²) in [6.45, 7) is 2.94. The summed E-state index contributed by atoms with van der Waals surface area (Å²) in [5, 5.41) is 7.68. The highest BCUT2D eigenvalue weighted by molar-refractivity contribution is 6.00. The van der Waals surface area contributed by atoms with E-state index in [0.29, 0.717) is 5.69 Å². The highest BCUT2D eigenvalue weighted by atomic mass is 16.5. The number of rotatable bonds is 8. The number of aromatic amines is 1. The second-order valence-corrected chi connectivity index (χ2v) is 9.26. The van der Waals surface area contributed by atoms with Crippen molar-refractivity contribution in [3.63, 3.8) is 0 Å². The zero-order chi connectivity index (χ0) is 22.6. The predicted octanol–water partition coefficient (Wildman–Crippen LogP) is 6.52. The van der Waals surface area contributed by atoms with Crippen LogP contribution in [0.3, 0.4) is 0 Å². The lowest BCUT2D eigenvalue weighted by molar-refractivity contribution is 0.0606. The lowest BCUT2D eigenvalue weighted by Gasteiger charge is -2.36. The second kappa shape index (κ2) is 9.82. The SMILES string of the molecule is CCCCCOc1ccc(C2c3c(-c4ccccc4)n[nH]c3C(=O)N2C2CCCCC2)cc1. The first kappa shape index (κ1) is 21.7. The number of hydrogen-bond donors (Lipinski definition) is 1. The Morgan fingerprint density at radius 2 is 1.76 bits per heavy atom. The molecule has 0 saturated heterocycles. The summed E-state index contributed by atoms with van der Waals surface area (Å²) in [7, 11) is 0. The topological polar surface area (TPSA) is 58.2 Å². The van der Waals surface area contributed by atoms with Gasteiger partial charge in [0.1, 0.15) is 11.4 Å². The number of ether oxygens (including phenoxy) is 1. The number of unbranched alkanes of at least 4 members (excludes halogenated alkanes) is 2. The molecule has 1 unspecified atom stereocenters. The molecule has 3 aromatic rings. The molecule has 1 saturated carbocycles. The van der Waals surface area contributed by atoms with Gasteiger partial charge in [-0.2, -0.15) is 5.10 Å².